The highest BCUT2D eigenvalue weighted by Gasteiger charge is 2.13. The molecule has 0 aliphatic heterocycles. The van der Waals surface area contributed by atoms with E-state index in [4.69, 9.17) is 4.74 Å². The Balaban J connectivity index is 1.85. The van der Waals surface area contributed by atoms with Crippen molar-refractivity contribution in [2.75, 3.05) is 6.61 Å². The van der Waals surface area contributed by atoms with Crippen LogP contribution in [0, 0.1) is 0 Å². The predicted molar refractivity (Wildman–Crippen MR) is 97.9 cm³/mol. The van der Waals surface area contributed by atoms with E-state index in [2.05, 4.69) is 33.9 Å². The number of carbonyl (C=O) groups is 1. The van der Waals surface area contributed by atoms with Crippen molar-refractivity contribution in [3.05, 3.63) is 52.5 Å². The first-order chi connectivity index (χ1) is 11.2. The number of para-hydroxylation sites is 1. The van der Waals surface area contributed by atoms with Crippen molar-refractivity contribution in [2.24, 2.45) is 0 Å². The standard InChI is InChI=1S/C18H16BrNO2S/c1-2-3-10-22-18(21)12-8-9-13(14(19)11-12)17-20-15-6-4-5-7-16(15)23-17/h4-9,11H,2-3,10H2,1H3. The Bertz CT molecular complexity index is 811. The van der Waals surface area contributed by atoms with Gasteiger partial charge in [0.25, 0.3) is 0 Å². The highest BCUT2D eigenvalue weighted by Crippen LogP contribution is 2.35. The van der Waals surface area contributed by atoms with Gasteiger partial charge < -0.3 is 4.74 Å². The van der Waals surface area contributed by atoms with Crippen LogP contribution in [0.15, 0.2) is 46.9 Å². The maximum absolute atomic E-state index is 12.0. The summed E-state index contributed by atoms with van der Waals surface area (Å²) in [6.45, 7) is 2.53. The summed E-state index contributed by atoms with van der Waals surface area (Å²) in [4.78, 5) is 16.7. The fourth-order valence-electron chi connectivity index (χ4n) is 2.20. The third-order valence-corrected chi connectivity index (χ3v) is 5.19. The molecule has 0 aliphatic rings. The normalized spacial score (nSPS) is 10.9. The van der Waals surface area contributed by atoms with Gasteiger partial charge in [-0.2, -0.15) is 0 Å². The summed E-state index contributed by atoms with van der Waals surface area (Å²) in [5.41, 5.74) is 2.52. The lowest BCUT2D eigenvalue weighted by molar-refractivity contribution is 0.0499. The number of esters is 1. The molecule has 0 saturated carbocycles. The average molecular weight is 390 g/mol. The zero-order valence-electron chi connectivity index (χ0n) is 12.7. The first kappa shape index (κ1) is 16.1. The van der Waals surface area contributed by atoms with E-state index >= 15 is 0 Å². The SMILES string of the molecule is CCCCOC(=O)c1ccc(-c2nc3ccccc3s2)c(Br)c1. The molecule has 118 valence electrons. The van der Waals surface area contributed by atoms with Gasteiger partial charge in [0.2, 0.25) is 0 Å². The third-order valence-electron chi connectivity index (χ3n) is 3.46. The first-order valence-electron chi connectivity index (χ1n) is 7.51. The lowest BCUT2D eigenvalue weighted by atomic mass is 10.1. The molecule has 0 spiro atoms. The third kappa shape index (κ3) is 3.62. The second-order valence-electron chi connectivity index (χ2n) is 5.17. The Morgan fingerprint density at radius 2 is 2.09 bits per heavy atom. The van der Waals surface area contributed by atoms with Crippen LogP contribution in [0.5, 0.6) is 0 Å². The van der Waals surface area contributed by atoms with Crippen LogP contribution in [0.2, 0.25) is 0 Å². The Hall–Kier alpha value is -1.72. The molecule has 3 nitrogen and oxygen atoms in total. The van der Waals surface area contributed by atoms with E-state index in [1.165, 1.54) is 0 Å². The number of thiazole rings is 1. The lowest BCUT2D eigenvalue weighted by Crippen LogP contribution is -2.06. The zero-order valence-corrected chi connectivity index (χ0v) is 15.1. The molecule has 0 saturated heterocycles. The summed E-state index contributed by atoms with van der Waals surface area (Å²) in [7, 11) is 0. The molecule has 1 aromatic heterocycles. The molecule has 1 heterocycles. The fraction of sp³-hybridized carbons (Fsp3) is 0.222. The number of nitrogens with zero attached hydrogens (tertiary/aromatic N) is 1. The van der Waals surface area contributed by atoms with Gasteiger partial charge in [0.15, 0.2) is 0 Å². The molecule has 0 bridgehead atoms. The Labute approximate surface area is 147 Å². The highest BCUT2D eigenvalue weighted by molar-refractivity contribution is 9.10. The lowest BCUT2D eigenvalue weighted by Gasteiger charge is -2.06. The number of hydrogen-bond donors (Lipinski definition) is 0. The summed E-state index contributed by atoms with van der Waals surface area (Å²) < 4.78 is 7.24. The number of rotatable bonds is 5. The van der Waals surface area contributed by atoms with Crippen LogP contribution in [-0.2, 0) is 4.74 Å². The highest BCUT2D eigenvalue weighted by atomic mass is 79.9. The summed E-state index contributed by atoms with van der Waals surface area (Å²) in [6, 6.07) is 13.6. The molecular weight excluding hydrogens is 374 g/mol. The topological polar surface area (TPSA) is 39.2 Å². The van der Waals surface area contributed by atoms with Crippen LogP contribution < -0.4 is 0 Å². The van der Waals surface area contributed by atoms with E-state index in [-0.39, 0.29) is 5.97 Å². The molecule has 3 aromatic rings. The second-order valence-corrected chi connectivity index (χ2v) is 7.06. The molecule has 0 radical (unpaired) electrons. The monoisotopic (exact) mass is 389 g/mol. The van der Waals surface area contributed by atoms with E-state index in [0.717, 1.165) is 38.1 Å². The molecular formula is C18H16BrNO2S. The van der Waals surface area contributed by atoms with Gasteiger partial charge in [-0.15, -0.1) is 11.3 Å². The van der Waals surface area contributed by atoms with Crippen LogP contribution >= 0.6 is 27.3 Å². The smallest absolute Gasteiger partial charge is 0.338 e. The zero-order chi connectivity index (χ0) is 16.2. The average Bonchev–Trinajstić information content (AvgIpc) is 2.98. The molecule has 0 atom stereocenters. The van der Waals surface area contributed by atoms with E-state index in [1.807, 2.05) is 24.3 Å². The van der Waals surface area contributed by atoms with Gasteiger partial charge in [-0.25, -0.2) is 9.78 Å². The van der Waals surface area contributed by atoms with Gasteiger partial charge in [0.05, 0.1) is 22.4 Å². The molecule has 0 fully saturated rings. The Kier molecular flexibility index (Phi) is 5.08. The fourth-order valence-corrected chi connectivity index (χ4v) is 3.90. The van der Waals surface area contributed by atoms with Crippen molar-refractivity contribution in [3.8, 4) is 10.6 Å². The Morgan fingerprint density at radius 1 is 1.26 bits per heavy atom. The minimum atomic E-state index is -0.282. The van der Waals surface area contributed by atoms with Gasteiger partial charge in [0.1, 0.15) is 5.01 Å². The van der Waals surface area contributed by atoms with Crippen molar-refractivity contribution < 1.29 is 9.53 Å². The van der Waals surface area contributed by atoms with Gasteiger partial charge in [-0.3, -0.25) is 0 Å². The molecule has 0 N–H and O–H groups in total. The minimum absolute atomic E-state index is 0.282. The maximum Gasteiger partial charge on any atom is 0.338 e. The molecule has 0 unspecified atom stereocenters. The molecule has 0 aliphatic carbocycles. The number of aromatic nitrogens is 1. The van der Waals surface area contributed by atoms with Gasteiger partial charge >= 0.3 is 5.97 Å². The number of unbranched alkanes of at least 4 members (excludes halogenated alkanes) is 1. The van der Waals surface area contributed by atoms with Crippen molar-refractivity contribution in [2.45, 2.75) is 19.8 Å². The number of carbonyl (C=O) groups excluding carboxylic acids is 1. The quantitative estimate of drug-likeness (QED) is 0.415. The number of fused-ring (bicyclic) bond motifs is 1. The number of ether oxygens (including phenoxy) is 1. The van der Waals surface area contributed by atoms with Crippen molar-refractivity contribution >= 4 is 43.5 Å². The van der Waals surface area contributed by atoms with Crippen LogP contribution in [0.3, 0.4) is 0 Å². The van der Waals surface area contributed by atoms with Gasteiger partial charge in [0, 0.05) is 10.0 Å². The summed E-state index contributed by atoms with van der Waals surface area (Å²) in [5.74, 6) is -0.282. The maximum atomic E-state index is 12.0. The van der Waals surface area contributed by atoms with Crippen molar-refractivity contribution in [1.82, 2.24) is 4.98 Å². The summed E-state index contributed by atoms with van der Waals surface area (Å²) in [5, 5.41) is 0.934. The van der Waals surface area contributed by atoms with Gasteiger partial charge in [-0.1, -0.05) is 41.4 Å². The minimum Gasteiger partial charge on any atom is -0.462 e. The number of benzene rings is 2. The van der Waals surface area contributed by atoms with E-state index < -0.39 is 0 Å². The molecule has 2 aromatic carbocycles. The van der Waals surface area contributed by atoms with E-state index in [9.17, 15) is 4.79 Å². The van der Waals surface area contributed by atoms with E-state index in [0.29, 0.717) is 12.2 Å². The van der Waals surface area contributed by atoms with Crippen LogP contribution in [0.4, 0.5) is 0 Å². The number of hydrogen-bond acceptors (Lipinski definition) is 4. The van der Waals surface area contributed by atoms with Crippen LogP contribution in [0.1, 0.15) is 30.1 Å². The number of halogens is 1. The molecule has 3 rings (SSSR count). The molecule has 0 amide bonds. The van der Waals surface area contributed by atoms with E-state index in [1.54, 1.807) is 23.5 Å². The van der Waals surface area contributed by atoms with Crippen LogP contribution in [0.25, 0.3) is 20.8 Å². The molecule has 5 heteroatoms. The first-order valence-corrected chi connectivity index (χ1v) is 9.12. The largest absolute Gasteiger partial charge is 0.462 e. The van der Waals surface area contributed by atoms with Gasteiger partial charge in [-0.05, 0) is 36.8 Å². The Morgan fingerprint density at radius 3 is 2.83 bits per heavy atom. The second kappa shape index (κ2) is 7.23. The molecule has 23 heavy (non-hydrogen) atoms. The summed E-state index contributed by atoms with van der Waals surface area (Å²) in [6.07, 6.45) is 1.89. The van der Waals surface area contributed by atoms with Crippen LogP contribution in [-0.4, -0.2) is 17.6 Å². The van der Waals surface area contributed by atoms with Crippen molar-refractivity contribution in [3.63, 3.8) is 0 Å². The van der Waals surface area contributed by atoms with Crippen molar-refractivity contribution in [1.29, 1.82) is 0 Å². The summed E-state index contributed by atoms with van der Waals surface area (Å²) >= 11 is 5.19. The predicted octanol–water partition coefficient (Wildman–Crippen LogP) is 5.68.